The third-order valence-corrected chi connectivity index (χ3v) is 7.09. The third-order valence-electron chi connectivity index (χ3n) is 7.09. The van der Waals surface area contributed by atoms with Gasteiger partial charge in [-0.1, -0.05) is 49.4 Å². The second-order valence-electron chi connectivity index (χ2n) is 8.99. The average molecular weight is 381 g/mol. The van der Waals surface area contributed by atoms with Crippen LogP contribution in [0.4, 0.5) is 0 Å². The van der Waals surface area contributed by atoms with Gasteiger partial charge in [0.15, 0.2) is 0 Å². The van der Waals surface area contributed by atoms with Crippen LogP contribution >= 0.6 is 0 Å². The van der Waals surface area contributed by atoms with Gasteiger partial charge in [0.1, 0.15) is 0 Å². The highest BCUT2D eigenvalue weighted by atomic mass is 16.5. The molecule has 154 valence electrons. The minimum Gasteiger partial charge on any atom is -0.376 e. The van der Waals surface area contributed by atoms with E-state index in [-0.39, 0.29) is 0 Å². The molecule has 1 heteroatoms. The van der Waals surface area contributed by atoms with Gasteiger partial charge in [0.05, 0.1) is 13.2 Å². The maximum atomic E-state index is 5.68. The van der Waals surface area contributed by atoms with E-state index in [9.17, 15) is 0 Å². The summed E-state index contributed by atoms with van der Waals surface area (Å²) in [4.78, 5) is 0. The normalized spacial score (nSPS) is 28.5. The van der Waals surface area contributed by atoms with Gasteiger partial charge in [0.2, 0.25) is 0 Å². The van der Waals surface area contributed by atoms with E-state index < -0.39 is 0 Å². The van der Waals surface area contributed by atoms with E-state index >= 15 is 0 Å². The van der Waals surface area contributed by atoms with Gasteiger partial charge in [-0.2, -0.15) is 0 Å². The fourth-order valence-electron chi connectivity index (χ4n) is 5.30. The summed E-state index contributed by atoms with van der Waals surface area (Å²) in [5, 5.41) is 0. The summed E-state index contributed by atoms with van der Waals surface area (Å²) >= 11 is 0. The first kappa shape index (κ1) is 21.4. The fraction of sp³-hybridized carbons (Fsp3) is 0.630. The Balaban J connectivity index is 1.40. The van der Waals surface area contributed by atoms with Gasteiger partial charge in [-0.3, -0.25) is 0 Å². The Labute approximate surface area is 173 Å². The first-order chi connectivity index (χ1) is 13.8. The van der Waals surface area contributed by atoms with Crippen LogP contribution in [0.25, 0.3) is 0 Å². The van der Waals surface area contributed by atoms with Crippen molar-refractivity contribution in [1.82, 2.24) is 0 Å². The molecule has 0 amide bonds. The molecule has 2 saturated carbocycles. The number of ether oxygens (including phenoxy) is 1. The molecule has 0 radical (unpaired) electrons. The minimum atomic E-state index is 0.719. The van der Waals surface area contributed by atoms with E-state index in [0.717, 1.165) is 43.3 Å². The first-order valence-electron chi connectivity index (χ1n) is 11.7. The summed E-state index contributed by atoms with van der Waals surface area (Å²) in [5.41, 5.74) is 2.83. The van der Waals surface area contributed by atoms with Crippen molar-refractivity contribution in [1.29, 1.82) is 0 Å². The Morgan fingerprint density at radius 2 is 1.57 bits per heavy atom. The molecule has 0 N–H and O–H groups in total. The first-order valence-corrected chi connectivity index (χ1v) is 11.7. The zero-order valence-corrected chi connectivity index (χ0v) is 18.0. The number of rotatable bonds is 9. The monoisotopic (exact) mass is 380 g/mol. The Hall–Kier alpha value is -1.34. The molecule has 1 aromatic rings. The second-order valence-corrected chi connectivity index (χ2v) is 8.99. The molecule has 0 heterocycles. The van der Waals surface area contributed by atoms with E-state index in [4.69, 9.17) is 4.74 Å². The summed E-state index contributed by atoms with van der Waals surface area (Å²) in [6.45, 7) is 7.47. The van der Waals surface area contributed by atoms with E-state index in [0.29, 0.717) is 0 Å². The molecular formula is C27H40O. The molecule has 0 bridgehead atoms. The second kappa shape index (κ2) is 11.6. The van der Waals surface area contributed by atoms with Crippen LogP contribution in [0.2, 0.25) is 0 Å². The van der Waals surface area contributed by atoms with Gasteiger partial charge in [0, 0.05) is 0 Å². The maximum absolute atomic E-state index is 5.68. The average Bonchev–Trinajstić information content (AvgIpc) is 2.76. The molecule has 3 rings (SSSR count). The highest BCUT2D eigenvalue weighted by Gasteiger charge is 2.30. The van der Waals surface area contributed by atoms with Gasteiger partial charge < -0.3 is 4.74 Å². The van der Waals surface area contributed by atoms with Gasteiger partial charge >= 0.3 is 0 Å². The van der Waals surface area contributed by atoms with Crippen molar-refractivity contribution in [3.05, 3.63) is 60.2 Å². The lowest BCUT2D eigenvalue weighted by Crippen LogP contribution is -2.25. The fourth-order valence-corrected chi connectivity index (χ4v) is 5.30. The molecule has 0 saturated heterocycles. The van der Waals surface area contributed by atoms with Gasteiger partial charge in [-0.25, -0.2) is 0 Å². The lowest BCUT2D eigenvalue weighted by molar-refractivity contribution is 0.125. The van der Waals surface area contributed by atoms with E-state index in [1.54, 1.807) is 5.56 Å². The van der Waals surface area contributed by atoms with Crippen LogP contribution in [0.1, 0.15) is 88.2 Å². The van der Waals surface area contributed by atoms with Gasteiger partial charge in [-0.15, -0.1) is 6.58 Å². The summed E-state index contributed by atoms with van der Waals surface area (Å²) in [6.07, 6.45) is 20.3. The van der Waals surface area contributed by atoms with Crippen molar-refractivity contribution in [3.8, 4) is 0 Å². The zero-order chi connectivity index (χ0) is 19.6. The molecule has 1 nitrogen and oxygen atoms in total. The standard InChI is InChI=1S/C27H40O/c1-3-5-7-22-8-12-24(13-9-22)26-16-18-27(19-17-26)25-14-10-23(11-15-25)21-28-20-6-4-2/h4-5,7,10-11,14-15,22,24,26-27H,2-3,6,8-9,12-13,16-21H2,1H3/b7-5+/t22-,24-,26?,27?. The SMILES string of the molecule is C=CCCOCc1ccc(C2CCC([C@H]3CC[C@H](/C=C/CC)CC3)CC2)cc1. The van der Waals surface area contributed by atoms with Crippen LogP contribution in [0, 0.1) is 17.8 Å². The molecule has 2 fully saturated rings. The summed E-state index contributed by atoms with van der Waals surface area (Å²) in [7, 11) is 0. The molecule has 0 unspecified atom stereocenters. The smallest absolute Gasteiger partial charge is 0.0717 e. The molecule has 2 aliphatic carbocycles. The molecule has 0 aliphatic heterocycles. The largest absolute Gasteiger partial charge is 0.376 e. The Bertz CT molecular complexity index is 583. The van der Waals surface area contributed by atoms with Crippen LogP contribution in [0.5, 0.6) is 0 Å². The van der Waals surface area contributed by atoms with E-state index in [1.807, 2.05) is 6.08 Å². The highest BCUT2D eigenvalue weighted by molar-refractivity contribution is 5.25. The Morgan fingerprint density at radius 3 is 2.18 bits per heavy atom. The number of benzene rings is 1. The lowest BCUT2D eigenvalue weighted by Gasteiger charge is -2.37. The third kappa shape index (κ3) is 6.34. The van der Waals surface area contributed by atoms with Crippen LogP contribution in [0.3, 0.4) is 0 Å². The minimum absolute atomic E-state index is 0.719. The molecule has 1 aromatic carbocycles. The van der Waals surface area contributed by atoms with Gasteiger partial charge in [0.25, 0.3) is 0 Å². The molecular weight excluding hydrogens is 340 g/mol. The van der Waals surface area contributed by atoms with Crippen molar-refractivity contribution in [2.75, 3.05) is 6.61 Å². The topological polar surface area (TPSA) is 9.23 Å². The summed E-state index contributed by atoms with van der Waals surface area (Å²) < 4.78 is 5.68. The molecule has 0 atom stereocenters. The van der Waals surface area contributed by atoms with Crippen LogP contribution in [-0.2, 0) is 11.3 Å². The van der Waals surface area contributed by atoms with Crippen molar-refractivity contribution >= 4 is 0 Å². The van der Waals surface area contributed by atoms with Crippen molar-refractivity contribution in [2.45, 2.75) is 83.7 Å². The van der Waals surface area contributed by atoms with Crippen molar-refractivity contribution in [3.63, 3.8) is 0 Å². The van der Waals surface area contributed by atoms with Crippen LogP contribution in [-0.4, -0.2) is 6.61 Å². The lowest BCUT2D eigenvalue weighted by atomic mass is 9.68. The Kier molecular flexibility index (Phi) is 8.86. The van der Waals surface area contributed by atoms with E-state index in [2.05, 4.69) is 49.9 Å². The van der Waals surface area contributed by atoms with Gasteiger partial charge in [-0.05, 0) is 99.0 Å². The quantitative estimate of drug-likeness (QED) is 0.313. The highest BCUT2D eigenvalue weighted by Crippen LogP contribution is 2.44. The Morgan fingerprint density at radius 1 is 0.929 bits per heavy atom. The predicted molar refractivity (Wildman–Crippen MR) is 120 cm³/mol. The molecule has 2 aliphatic rings. The van der Waals surface area contributed by atoms with Crippen molar-refractivity contribution in [2.24, 2.45) is 17.8 Å². The number of hydrogen-bond acceptors (Lipinski definition) is 1. The number of allylic oxidation sites excluding steroid dienone is 2. The van der Waals surface area contributed by atoms with Crippen molar-refractivity contribution < 1.29 is 4.74 Å². The summed E-state index contributed by atoms with van der Waals surface area (Å²) in [6, 6.07) is 9.23. The molecule has 28 heavy (non-hydrogen) atoms. The number of hydrogen-bond donors (Lipinski definition) is 0. The maximum Gasteiger partial charge on any atom is 0.0717 e. The summed E-state index contributed by atoms with van der Waals surface area (Å²) in [5.74, 6) is 3.63. The molecule has 0 aromatic heterocycles. The van der Waals surface area contributed by atoms with Crippen LogP contribution < -0.4 is 0 Å². The zero-order valence-electron chi connectivity index (χ0n) is 18.0. The van der Waals surface area contributed by atoms with Crippen LogP contribution in [0.15, 0.2) is 49.1 Å². The van der Waals surface area contributed by atoms with E-state index in [1.165, 1.54) is 63.4 Å². The predicted octanol–water partition coefficient (Wildman–Crippen LogP) is 7.83. The molecule has 0 spiro atoms.